The van der Waals surface area contributed by atoms with Gasteiger partial charge in [0.05, 0.1) is 0 Å². The minimum Gasteiger partial charge on any atom is -0.125 e. The molecule has 0 nitrogen and oxygen atoms in total. The van der Waals surface area contributed by atoms with Crippen molar-refractivity contribution in [3.63, 3.8) is 0 Å². The Bertz CT molecular complexity index is 33.2. The molecule has 0 N–H and O–H groups in total. The van der Waals surface area contributed by atoms with E-state index in [1.807, 2.05) is 0 Å². The van der Waals surface area contributed by atoms with Crippen molar-refractivity contribution in [1.82, 2.24) is 0 Å². The molecule has 0 fully saturated rings. The van der Waals surface area contributed by atoms with Crippen molar-refractivity contribution < 1.29 is 0 Å². The van der Waals surface area contributed by atoms with Crippen molar-refractivity contribution in [3.05, 3.63) is 0 Å². The van der Waals surface area contributed by atoms with Crippen LogP contribution < -0.4 is 0 Å². The van der Waals surface area contributed by atoms with Crippen LogP contribution in [0.4, 0.5) is 0 Å². The van der Waals surface area contributed by atoms with Gasteiger partial charge in [-0.15, -0.1) is 8.58 Å². The Morgan fingerprint density at radius 1 is 1.43 bits per heavy atom. The van der Waals surface area contributed by atoms with Crippen molar-refractivity contribution in [2.24, 2.45) is 5.92 Å². The van der Waals surface area contributed by atoms with Crippen LogP contribution in [0.15, 0.2) is 0 Å². The van der Waals surface area contributed by atoms with Crippen LogP contribution in [0, 0.1) is 5.92 Å². The summed E-state index contributed by atoms with van der Waals surface area (Å²) < 4.78 is 0. The molecule has 0 aliphatic rings. The van der Waals surface area contributed by atoms with Gasteiger partial charge in [0.1, 0.15) is 0 Å². The quantitative estimate of drug-likeness (QED) is 0.499. The maximum absolute atomic E-state index is 2.28. The predicted octanol–water partition coefficient (Wildman–Crippen LogP) is 2.34. The van der Waals surface area contributed by atoms with Gasteiger partial charge < -0.3 is 0 Å². The van der Waals surface area contributed by atoms with E-state index in [0.717, 1.165) is 14.5 Å². The van der Waals surface area contributed by atoms with E-state index in [0.29, 0.717) is 0 Å². The van der Waals surface area contributed by atoms with E-state index in [1.54, 1.807) is 0 Å². The first-order valence-electron chi connectivity index (χ1n) is 2.92. The standard InChI is InChI=1S/C6H15P/c1-6(2)4-5-7-3/h6-7H,4-5H2,1-3H3. The van der Waals surface area contributed by atoms with Gasteiger partial charge in [-0.3, -0.25) is 0 Å². The van der Waals surface area contributed by atoms with Gasteiger partial charge in [0.25, 0.3) is 0 Å². The molecule has 44 valence electrons. The summed E-state index contributed by atoms with van der Waals surface area (Å²) in [6.45, 7) is 6.82. The lowest BCUT2D eigenvalue weighted by atomic mass is 10.2. The molecule has 1 heteroatoms. The number of hydrogen-bond donors (Lipinski definition) is 0. The van der Waals surface area contributed by atoms with Crippen LogP contribution in [0.5, 0.6) is 0 Å². The van der Waals surface area contributed by atoms with Crippen LogP contribution >= 0.6 is 8.58 Å². The molecule has 0 aliphatic heterocycles. The molecule has 7 heavy (non-hydrogen) atoms. The van der Waals surface area contributed by atoms with Gasteiger partial charge in [-0.05, 0) is 25.2 Å². The molecule has 0 aliphatic carbocycles. The van der Waals surface area contributed by atoms with Gasteiger partial charge in [0.2, 0.25) is 0 Å². The highest BCUT2D eigenvalue weighted by molar-refractivity contribution is 7.36. The summed E-state index contributed by atoms with van der Waals surface area (Å²) in [5.41, 5.74) is 0. The Morgan fingerprint density at radius 3 is 2.14 bits per heavy atom. The van der Waals surface area contributed by atoms with E-state index in [1.165, 1.54) is 12.6 Å². The molecule has 0 saturated carbocycles. The lowest BCUT2D eigenvalue weighted by Crippen LogP contribution is -1.86. The minimum absolute atomic E-state index is 0.910. The lowest BCUT2D eigenvalue weighted by Gasteiger charge is -1.99. The monoisotopic (exact) mass is 118 g/mol. The minimum atomic E-state index is 0.910. The highest BCUT2D eigenvalue weighted by Gasteiger charge is 1.88. The normalized spacial score (nSPS) is 12.0. The van der Waals surface area contributed by atoms with Gasteiger partial charge in [0.15, 0.2) is 0 Å². The van der Waals surface area contributed by atoms with Crippen molar-refractivity contribution >= 4 is 8.58 Å². The first-order chi connectivity index (χ1) is 3.27. The average Bonchev–Trinajstić information content (AvgIpc) is 1.61. The lowest BCUT2D eigenvalue weighted by molar-refractivity contribution is 0.631. The fraction of sp³-hybridized carbons (Fsp3) is 1.00. The van der Waals surface area contributed by atoms with Gasteiger partial charge in [-0.25, -0.2) is 0 Å². The maximum Gasteiger partial charge on any atom is -0.0354 e. The largest absolute Gasteiger partial charge is 0.125 e. The predicted molar refractivity (Wildman–Crippen MR) is 38.6 cm³/mol. The summed E-state index contributed by atoms with van der Waals surface area (Å²) in [4.78, 5) is 0. The molecule has 0 bridgehead atoms. The van der Waals surface area contributed by atoms with Crippen molar-refractivity contribution in [1.29, 1.82) is 0 Å². The summed E-state index contributed by atoms with van der Waals surface area (Å²) in [7, 11) is 1.15. The Balaban J connectivity index is 2.68. The molecular formula is C6H15P. The van der Waals surface area contributed by atoms with Gasteiger partial charge >= 0.3 is 0 Å². The third-order valence-corrected chi connectivity index (χ3v) is 1.76. The molecule has 1 unspecified atom stereocenters. The Hall–Kier alpha value is 0.430. The summed E-state index contributed by atoms with van der Waals surface area (Å²) in [5.74, 6) is 0.910. The Labute approximate surface area is 48.5 Å². The van der Waals surface area contributed by atoms with Crippen LogP contribution in [-0.2, 0) is 0 Å². The molecule has 0 aromatic heterocycles. The molecule has 0 aromatic rings. The second-order valence-electron chi connectivity index (χ2n) is 2.29. The molecule has 0 heterocycles. The molecule has 0 amide bonds. The van der Waals surface area contributed by atoms with E-state index in [-0.39, 0.29) is 0 Å². The zero-order valence-corrected chi connectivity index (χ0v) is 6.49. The van der Waals surface area contributed by atoms with Gasteiger partial charge in [-0.1, -0.05) is 13.8 Å². The molecule has 0 spiro atoms. The summed E-state index contributed by atoms with van der Waals surface area (Å²) in [6.07, 6.45) is 2.84. The third kappa shape index (κ3) is 6.43. The second kappa shape index (κ2) is 4.59. The van der Waals surface area contributed by atoms with Crippen LogP contribution in [0.2, 0.25) is 0 Å². The third-order valence-electron chi connectivity index (χ3n) is 0.972. The van der Waals surface area contributed by atoms with Crippen molar-refractivity contribution in [2.75, 3.05) is 12.8 Å². The topological polar surface area (TPSA) is 0 Å². The zero-order chi connectivity index (χ0) is 5.70. The van der Waals surface area contributed by atoms with Crippen molar-refractivity contribution in [2.45, 2.75) is 20.3 Å². The number of rotatable bonds is 3. The molecule has 0 radical (unpaired) electrons. The van der Waals surface area contributed by atoms with Crippen LogP contribution in [-0.4, -0.2) is 12.8 Å². The average molecular weight is 118 g/mol. The van der Waals surface area contributed by atoms with Crippen LogP contribution in [0.1, 0.15) is 20.3 Å². The van der Waals surface area contributed by atoms with E-state index in [2.05, 4.69) is 20.5 Å². The highest BCUT2D eigenvalue weighted by atomic mass is 31.1. The zero-order valence-electron chi connectivity index (χ0n) is 5.49. The molecule has 1 atom stereocenters. The first kappa shape index (κ1) is 7.43. The van der Waals surface area contributed by atoms with E-state index in [9.17, 15) is 0 Å². The summed E-state index contributed by atoms with van der Waals surface area (Å²) >= 11 is 0. The highest BCUT2D eigenvalue weighted by Crippen LogP contribution is 2.09. The molecule has 0 rings (SSSR count). The molecular weight excluding hydrogens is 103 g/mol. The number of hydrogen-bond acceptors (Lipinski definition) is 0. The van der Waals surface area contributed by atoms with E-state index >= 15 is 0 Å². The van der Waals surface area contributed by atoms with E-state index < -0.39 is 0 Å². The molecule has 0 aromatic carbocycles. The first-order valence-corrected chi connectivity index (χ1v) is 4.62. The fourth-order valence-corrected chi connectivity index (χ4v) is 1.30. The van der Waals surface area contributed by atoms with Gasteiger partial charge in [-0.2, -0.15) is 0 Å². The smallest absolute Gasteiger partial charge is 0.0354 e. The van der Waals surface area contributed by atoms with Crippen molar-refractivity contribution in [3.8, 4) is 0 Å². The maximum atomic E-state index is 2.28. The second-order valence-corrected chi connectivity index (χ2v) is 3.49. The SMILES string of the molecule is CPCCC(C)C. The molecule has 0 saturated heterocycles. The summed E-state index contributed by atoms with van der Waals surface area (Å²) in [5, 5.41) is 0. The summed E-state index contributed by atoms with van der Waals surface area (Å²) in [6, 6.07) is 0. The fourth-order valence-electron chi connectivity index (χ4n) is 0.433. The van der Waals surface area contributed by atoms with Crippen LogP contribution in [0.3, 0.4) is 0 Å². The van der Waals surface area contributed by atoms with Crippen LogP contribution in [0.25, 0.3) is 0 Å². The van der Waals surface area contributed by atoms with Gasteiger partial charge in [0, 0.05) is 0 Å². The van der Waals surface area contributed by atoms with E-state index in [4.69, 9.17) is 0 Å². The Kier molecular flexibility index (Phi) is 4.87. The Morgan fingerprint density at radius 2 is 2.00 bits per heavy atom.